The molecule has 0 spiro atoms. The van der Waals surface area contributed by atoms with Crippen molar-refractivity contribution in [1.82, 2.24) is 9.78 Å². The van der Waals surface area contributed by atoms with Crippen LogP contribution in [0.3, 0.4) is 0 Å². The zero-order chi connectivity index (χ0) is 13.8. The lowest BCUT2D eigenvalue weighted by Gasteiger charge is -2.27. The van der Waals surface area contributed by atoms with Crippen LogP contribution in [0.25, 0.3) is 0 Å². The fraction of sp³-hybridized carbons (Fsp3) is 0.667. The summed E-state index contributed by atoms with van der Waals surface area (Å²) in [5.41, 5.74) is 0.00696. The molecule has 1 saturated carbocycles. The first kappa shape index (κ1) is 13.5. The molecule has 1 fully saturated rings. The van der Waals surface area contributed by atoms with E-state index < -0.39 is 4.92 Å². The summed E-state index contributed by atoms with van der Waals surface area (Å²) < 4.78 is 6.65. The molecule has 104 valence electrons. The number of ether oxygens (including phenoxy) is 1. The molecular weight excluding hydrogens is 250 g/mol. The molecule has 0 aromatic carbocycles. The first-order valence-corrected chi connectivity index (χ1v) is 6.47. The van der Waals surface area contributed by atoms with Gasteiger partial charge in [0, 0.05) is 0 Å². The molecule has 0 saturated heterocycles. The summed E-state index contributed by atoms with van der Waals surface area (Å²) in [5.74, 6) is -0.172. The molecule has 1 heterocycles. The smallest absolute Gasteiger partial charge is 0.308 e. The van der Waals surface area contributed by atoms with Gasteiger partial charge in [-0.05, 0) is 32.6 Å². The number of nitrogens with zero attached hydrogens (tertiary/aromatic N) is 3. The van der Waals surface area contributed by atoms with Crippen LogP contribution in [0.2, 0.25) is 0 Å². The summed E-state index contributed by atoms with van der Waals surface area (Å²) in [6.07, 6.45) is 5.80. The molecule has 0 unspecified atom stereocenters. The van der Waals surface area contributed by atoms with Crippen LogP contribution in [-0.2, 0) is 9.53 Å². The highest BCUT2D eigenvalue weighted by Crippen LogP contribution is 2.33. The van der Waals surface area contributed by atoms with E-state index >= 15 is 0 Å². The zero-order valence-corrected chi connectivity index (χ0v) is 10.8. The number of aromatic nitrogens is 2. The molecule has 1 aliphatic carbocycles. The minimum atomic E-state index is -0.451. The minimum absolute atomic E-state index is 0.00696. The molecule has 1 aromatic rings. The maximum absolute atomic E-state index is 11.6. The first-order chi connectivity index (χ1) is 9.11. The molecule has 2 rings (SSSR count). The van der Waals surface area contributed by atoms with Crippen LogP contribution in [0.15, 0.2) is 12.4 Å². The van der Waals surface area contributed by atoms with Crippen molar-refractivity contribution in [2.75, 3.05) is 6.61 Å². The second-order valence-electron chi connectivity index (χ2n) is 4.69. The number of carbonyl (C=O) groups is 1. The van der Waals surface area contributed by atoms with Gasteiger partial charge in [0.25, 0.3) is 0 Å². The summed E-state index contributed by atoms with van der Waals surface area (Å²) in [6, 6.07) is 0.138. The lowest BCUT2D eigenvalue weighted by Crippen LogP contribution is -2.25. The van der Waals surface area contributed by atoms with E-state index in [4.69, 9.17) is 4.74 Å². The molecule has 19 heavy (non-hydrogen) atoms. The normalized spacial score (nSPS) is 23.0. The zero-order valence-electron chi connectivity index (χ0n) is 10.8. The van der Waals surface area contributed by atoms with Crippen molar-refractivity contribution in [2.24, 2.45) is 5.92 Å². The summed E-state index contributed by atoms with van der Waals surface area (Å²) in [7, 11) is 0. The van der Waals surface area contributed by atoms with Gasteiger partial charge < -0.3 is 4.74 Å². The maximum Gasteiger partial charge on any atom is 0.308 e. The molecule has 7 nitrogen and oxygen atoms in total. The van der Waals surface area contributed by atoms with E-state index in [9.17, 15) is 14.9 Å². The van der Waals surface area contributed by atoms with Crippen LogP contribution < -0.4 is 0 Å². The van der Waals surface area contributed by atoms with Gasteiger partial charge in [-0.25, -0.2) is 0 Å². The van der Waals surface area contributed by atoms with Gasteiger partial charge in [0.05, 0.1) is 23.5 Å². The topological polar surface area (TPSA) is 87.3 Å². The second kappa shape index (κ2) is 5.81. The van der Waals surface area contributed by atoms with E-state index in [2.05, 4.69) is 5.10 Å². The summed E-state index contributed by atoms with van der Waals surface area (Å²) in [5, 5.41) is 14.6. The van der Waals surface area contributed by atoms with Crippen LogP contribution in [0.4, 0.5) is 5.69 Å². The summed E-state index contributed by atoms with van der Waals surface area (Å²) in [6.45, 7) is 2.20. The molecule has 7 heteroatoms. The predicted octanol–water partition coefficient (Wildman–Crippen LogP) is 2.09. The van der Waals surface area contributed by atoms with E-state index in [0.717, 1.165) is 25.7 Å². The van der Waals surface area contributed by atoms with Crippen molar-refractivity contribution in [3.63, 3.8) is 0 Å². The van der Waals surface area contributed by atoms with Gasteiger partial charge in [-0.3, -0.25) is 19.6 Å². The SMILES string of the molecule is CCOC(=O)C1CCC(n2cc([N+](=O)[O-])cn2)CC1. The molecule has 1 aliphatic rings. The lowest BCUT2D eigenvalue weighted by molar-refractivity contribution is -0.385. The lowest BCUT2D eigenvalue weighted by atomic mass is 9.86. The number of rotatable bonds is 4. The number of hydrogen-bond acceptors (Lipinski definition) is 5. The van der Waals surface area contributed by atoms with Gasteiger partial charge in [0.2, 0.25) is 0 Å². The predicted molar refractivity (Wildman–Crippen MR) is 66.5 cm³/mol. The van der Waals surface area contributed by atoms with E-state index in [0.29, 0.717) is 6.61 Å². The third-order valence-electron chi connectivity index (χ3n) is 3.49. The van der Waals surface area contributed by atoms with Crippen LogP contribution in [0.1, 0.15) is 38.6 Å². The Balaban J connectivity index is 1.92. The number of hydrogen-bond donors (Lipinski definition) is 0. The van der Waals surface area contributed by atoms with Gasteiger partial charge in [0.15, 0.2) is 0 Å². The van der Waals surface area contributed by atoms with E-state index in [-0.39, 0.29) is 23.6 Å². The highest BCUT2D eigenvalue weighted by atomic mass is 16.6. The summed E-state index contributed by atoms with van der Waals surface area (Å²) >= 11 is 0. The molecule has 0 radical (unpaired) electrons. The fourth-order valence-electron chi connectivity index (χ4n) is 2.46. The fourth-order valence-corrected chi connectivity index (χ4v) is 2.46. The Morgan fingerprint density at radius 1 is 1.53 bits per heavy atom. The number of nitro groups is 1. The highest BCUT2D eigenvalue weighted by molar-refractivity contribution is 5.72. The second-order valence-corrected chi connectivity index (χ2v) is 4.69. The van der Waals surface area contributed by atoms with E-state index in [1.165, 1.54) is 12.4 Å². The van der Waals surface area contributed by atoms with Gasteiger partial charge >= 0.3 is 11.7 Å². The van der Waals surface area contributed by atoms with Crippen LogP contribution in [-0.4, -0.2) is 27.3 Å². The van der Waals surface area contributed by atoms with Crippen LogP contribution in [0, 0.1) is 16.0 Å². The van der Waals surface area contributed by atoms with Crippen molar-refractivity contribution in [3.8, 4) is 0 Å². The summed E-state index contributed by atoms with van der Waals surface area (Å²) in [4.78, 5) is 21.8. The van der Waals surface area contributed by atoms with Gasteiger partial charge in [-0.2, -0.15) is 5.10 Å². The Bertz CT molecular complexity index is 463. The molecule has 0 bridgehead atoms. The maximum atomic E-state index is 11.6. The first-order valence-electron chi connectivity index (χ1n) is 6.47. The van der Waals surface area contributed by atoms with Gasteiger partial charge in [-0.15, -0.1) is 0 Å². The molecular formula is C12H17N3O4. The van der Waals surface area contributed by atoms with Crippen molar-refractivity contribution in [1.29, 1.82) is 0 Å². The molecule has 0 N–H and O–H groups in total. The van der Waals surface area contributed by atoms with Crippen molar-refractivity contribution >= 4 is 11.7 Å². The van der Waals surface area contributed by atoms with Crippen molar-refractivity contribution < 1.29 is 14.5 Å². The molecule has 0 amide bonds. The third-order valence-corrected chi connectivity index (χ3v) is 3.49. The molecule has 0 atom stereocenters. The van der Waals surface area contributed by atoms with Crippen LogP contribution >= 0.6 is 0 Å². The Morgan fingerprint density at radius 2 is 2.21 bits per heavy atom. The minimum Gasteiger partial charge on any atom is -0.466 e. The average molecular weight is 267 g/mol. The third kappa shape index (κ3) is 3.10. The number of esters is 1. The largest absolute Gasteiger partial charge is 0.466 e. The van der Waals surface area contributed by atoms with Crippen molar-refractivity contribution in [3.05, 3.63) is 22.5 Å². The Kier molecular flexibility index (Phi) is 4.13. The van der Waals surface area contributed by atoms with Gasteiger partial charge in [-0.1, -0.05) is 0 Å². The Morgan fingerprint density at radius 3 is 2.74 bits per heavy atom. The monoisotopic (exact) mass is 267 g/mol. The highest BCUT2D eigenvalue weighted by Gasteiger charge is 2.28. The Labute approximate surface area is 110 Å². The molecule has 1 aromatic heterocycles. The standard InChI is InChI=1S/C12H17N3O4/c1-2-19-12(16)9-3-5-10(6-4-9)14-8-11(7-13-14)15(17)18/h7-10H,2-6H2,1H3. The average Bonchev–Trinajstić information content (AvgIpc) is 2.89. The van der Waals surface area contributed by atoms with Gasteiger partial charge in [0.1, 0.15) is 12.4 Å². The Hall–Kier alpha value is -1.92. The van der Waals surface area contributed by atoms with Crippen LogP contribution in [0.5, 0.6) is 0 Å². The number of carbonyl (C=O) groups excluding carboxylic acids is 1. The quantitative estimate of drug-likeness (QED) is 0.473. The van der Waals surface area contributed by atoms with Crippen molar-refractivity contribution in [2.45, 2.75) is 38.6 Å². The molecule has 0 aliphatic heterocycles. The van der Waals surface area contributed by atoms with E-state index in [1.807, 2.05) is 0 Å². The van der Waals surface area contributed by atoms with E-state index in [1.54, 1.807) is 11.6 Å².